The number of hydrogen-bond acceptors (Lipinski definition) is 8. The van der Waals surface area contributed by atoms with E-state index in [9.17, 15) is 18.9 Å². The molecule has 1 saturated heterocycles. The number of carbonyl (C=O) groups excluding carboxylic acids is 1. The number of aryl methyl sites for hydroxylation is 1. The van der Waals surface area contributed by atoms with Crippen LogP contribution in [0.3, 0.4) is 0 Å². The highest BCUT2D eigenvalue weighted by atomic mass is 31.1. The van der Waals surface area contributed by atoms with E-state index in [1.807, 2.05) is 0 Å². The van der Waals surface area contributed by atoms with Crippen molar-refractivity contribution in [3.05, 3.63) is 98.8 Å². The Labute approximate surface area is 195 Å². The van der Waals surface area contributed by atoms with Crippen LogP contribution in [-0.2, 0) is 18.6 Å². The molecule has 176 valence electrons. The van der Waals surface area contributed by atoms with Crippen molar-refractivity contribution in [2.45, 2.75) is 31.8 Å². The summed E-state index contributed by atoms with van der Waals surface area (Å²) in [5.74, 6) is -0.203. The smallest absolute Gasteiger partial charge is 0.456 e. The summed E-state index contributed by atoms with van der Waals surface area (Å²) in [5, 5.41) is 0. The standard InChI is InChI=1S/C23H21N2O8P/c1-15-13-25(23(28)24-21(15)26)20-12-18(32-22(27)16-8-4-2-5-9-16)19(31-20)14-30-34(29)33-17-10-6-3-7-11-17/h2-11,13,18-20H,12,14H2,1H3/p+1/t18-,19+,20+/m0/s1. The molecule has 1 unspecified atom stereocenters. The van der Waals surface area contributed by atoms with Gasteiger partial charge in [-0.1, -0.05) is 36.4 Å². The van der Waals surface area contributed by atoms with Crippen molar-refractivity contribution in [3.8, 4) is 5.75 Å². The number of nitrogens with zero attached hydrogens (tertiary/aromatic N) is 1. The summed E-state index contributed by atoms with van der Waals surface area (Å²) in [6.45, 7) is 1.34. The number of nitrogens with one attached hydrogen (secondary N) is 1. The van der Waals surface area contributed by atoms with Gasteiger partial charge in [0, 0.05) is 22.7 Å². The molecule has 4 rings (SSSR count). The van der Waals surface area contributed by atoms with Crippen LogP contribution < -0.4 is 15.8 Å². The first-order valence-electron chi connectivity index (χ1n) is 10.5. The number of carbonyl (C=O) groups is 1. The summed E-state index contributed by atoms with van der Waals surface area (Å²) in [7, 11) is -2.53. The van der Waals surface area contributed by atoms with Gasteiger partial charge in [-0.2, -0.15) is 0 Å². The van der Waals surface area contributed by atoms with E-state index in [0.29, 0.717) is 16.9 Å². The molecular weight excluding hydrogens is 463 g/mol. The molecule has 1 aromatic heterocycles. The largest absolute Gasteiger partial charge is 0.750 e. The summed E-state index contributed by atoms with van der Waals surface area (Å²) in [6, 6.07) is 16.9. The Morgan fingerprint density at radius 3 is 2.50 bits per heavy atom. The number of rotatable bonds is 8. The lowest BCUT2D eigenvalue weighted by Crippen LogP contribution is -2.33. The summed E-state index contributed by atoms with van der Waals surface area (Å²) < 4.78 is 35.6. The second-order valence-corrected chi connectivity index (χ2v) is 8.47. The second-order valence-electron chi connectivity index (χ2n) is 7.58. The fraction of sp³-hybridized carbons (Fsp3) is 0.261. The molecule has 2 heterocycles. The van der Waals surface area contributed by atoms with E-state index in [1.165, 1.54) is 10.8 Å². The van der Waals surface area contributed by atoms with Gasteiger partial charge in [0.1, 0.15) is 25.0 Å². The monoisotopic (exact) mass is 485 g/mol. The first-order valence-corrected chi connectivity index (χ1v) is 11.6. The molecule has 11 heteroatoms. The van der Waals surface area contributed by atoms with Gasteiger partial charge in [-0.15, -0.1) is 4.52 Å². The van der Waals surface area contributed by atoms with E-state index in [1.54, 1.807) is 67.6 Å². The molecule has 0 saturated carbocycles. The summed E-state index contributed by atoms with van der Waals surface area (Å²) in [6.07, 6.45) is -0.983. The van der Waals surface area contributed by atoms with Crippen LogP contribution in [-0.4, -0.2) is 34.3 Å². The lowest BCUT2D eigenvalue weighted by atomic mass is 10.1. The van der Waals surface area contributed by atoms with Crippen LogP contribution in [0.25, 0.3) is 0 Å². The summed E-state index contributed by atoms with van der Waals surface area (Å²) >= 11 is 0. The summed E-state index contributed by atoms with van der Waals surface area (Å²) in [4.78, 5) is 38.9. The van der Waals surface area contributed by atoms with Gasteiger partial charge in [0.15, 0.2) is 5.75 Å². The maximum absolute atomic E-state index is 12.6. The Morgan fingerprint density at radius 2 is 1.79 bits per heavy atom. The van der Waals surface area contributed by atoms with Gasteiger partial charge in [0.25, 0.3) is 5.56 Å². The van der Waals surface area contributed by atoms with E-state index in [4.69, 9.17) is 18.5 Å². The first-order chi connectivity index (χ1) is 16.4. The molecule has 1 aliphatic rings. The SMILES string of the molecule is Cc1cn([C@H]2C[C@H](OC(=O)c3ccccc3)[C@@H](CO[P+](=O)Oc3ccccc3)O2)c(=O)[nH]c1=O. The normalized spacial score (nSPS) is 20.0. The van der Waals surface area contributed by atoms with E-state index in [0.717, 1.165) is 0 Å². The van der Waals surface area contributed by atoms with E-state index < -0.39 is 43.9 Å². The van der Waals surface area contributed by atoms with Gasteiger partial charge in [0.2, 0.25) is 0 Å². The molecule has 0 amide bonds. The van der Waals surface area contributed by atoms with Crippen molar-refractivity contribution in [3.63, 3.8) is 0 Å². The van der Waals surface area contributed by atoms with Crippen LogP contribution >= 0.6 is 8.25 Å². The zero-order valence-electron chi connectivity index (χ0n) is 18.2. The van der Waals surface area contributed by atoms with Crippen molar-refractivity contribution < 1.29 is 27.9 Å². The molecule has 1 N–H and O–H groups in total. The number of esters is 1. The third kappa shape index (κ3) is 5.66. The number of H-pyrrole nitrogens is 1. The Bertz CT molecular complexity index is 1280. The first kappa shape index (κ1) is 23.6. The number of para-hydroxylation sites is 1. The van der Waals surface area contributed by atoms with Crippen LogP contribution in [0.5, 0.6) is 5.75 Å². The minimum Gasteiger partial charge on any atom is -0.456 e. The lowest BCUT2D eigenvalue weighted by molar-refractivity contribution is -0.0478. The molecule has 0 radical (unpaired) electrons. The third-order valence-electron chi connectivity index (χ3n) is 5.17. The zero-order valence-corrected chi connectivity index (χ0v) is 19.1. The van der Waals surface area contributed by atoms with Gasteiger partial charge < -0.3 is 9.47 Å². The maximum Gasteiger partial charge on any atom is 0.750 e. The van der Waals surface area contributed by atoms with Crippen molar-refractivity contribution >= 4 is 14.2 Å². The van der Waals surface area contributed by atoms with Gasteiger partial charge >= 0.3 is 19.9 Å². The molecule has 4 atom stereocenters. The van der Waals surface area contributed by atoms with E-state index in [-0.39, 0.29) is 13.0 Å². The minimum absolute atomic E-state index is 0.119. The van der Waals surface area contributed by atoms with Gasteiger partial charge in [0.05, 0.1) is 5.56 Å². The number of hydrogen-bond donors (Lipinski definition) is 1. The fourth-order valence-corrected chi connectivity index (χ4v) is 4.07. The third-order valence-corrected chi connectivity index (χ3v) is 5.89. The molecule has 0 bridgehead atoms. The number of benzene rings is 2. The van der Waals surface area contributed by atoms with Gasteiger partial charge in [-0.3, -0.25) is 14.3 Å². The van der Waals surface area contributed by atoms with Gasteiger partial charge in [-0.05, 0) is 31.2 Å². The highest BCUT2D eigenvalue weighted by Crippen LogP contribution is 2.34. The second kappa shape index (κ2) is 10.6. The Kier molecular flexibility index (Phi) is 7.32. The Morgan fingerprint density at radius 1 is 1.12 bits per heavy atom. The van der Waals surface area contributed by atoms with Crippen LogP contribution in [0.15, 0.2) is 76.4 Å². The number of aromatic amines is 1. The molecule has 2 aromatic carbocycles. The topological polar surface area (TPSA) is 126 Å². The average molecular weight is 485 g/mol. The molecule has 3 aromatic rings. The maximum atomic E-state index is 12.6. The molecular formula is C23H22N2O8P+. The fourth-order valence-electron chi connectivity index (χ4n) is 3.45. The van der Waals surface area contributed by atoms with Crippen LogP contribution in [0.2, 0.25) is 0 Å². The molecule has 1 fully saturated rings. The minimum atomic E-state index is -2.53. The van der Waals surface area contributed by atoms with Gasteiger partial charge in [-0.25, -0.2) is 14.1 Å². The molecule has 0 aliphatic carbocycles. The van der Waals surface area contributed by atoms with Crippen LogP contribution in [0, 0.1) is 6.92 Å². The number of aromatic nitrogens is 2. The van der Waals surface area contributed by atoms with Crippen molar-refractivity contribution in [1.29, 1.82) is 0 Å². The Balaban J connectivity index is 1.49. The van der Waals surface area contributed by atoms with Crippen molar-refractivity contribution in [1.82, 2.24) is 9.55 Å². The van der Waals surface area contributed by atoms with Crippen LogP contribution in [0.4, 0.5) is 0 Å². The molecule has 0 spiro atoms. The zero-order chi connectivity index (χ0) is 24.1. The molecule has 34 heavy (non-hydrogen) atoms. The quantitative estimate of drug-likeness (QED) is 0.381. The summed E-state index contributed by atoms with van der Waals surface area (Å²) in [5.41, 5.74) is -0.490. The predicted molar refractivity (Wildman–Crippen MR) is 121 cm³/mol. The average Bonchev–Trinajstić information content (AvgIpc) is 3.23. The van der Waals surface area contributed by atoms with Crippen molar-refractivity contribution in [2.75, 3.05) is 6.61 Å². The van der Waals surface area contributed by atoms with E-state index in [2.05, 4.69) is 4.98 Å². The van der Waals surface area contributed by atoms with E-state index >= 15 is 0 Å². The van der Waals surface area contributed by atoms with Crippen molar-refractivity contribution in [2.24, 2.45) is 0 Å². The highest BCUT2D eigenvalue weighted by Gasteiger charge is 2.42. The lowest BCUT2D eigenvalue weighted by Gasteiger charge is -2.16. The molecule has 1 aliphatic heterocycles. The Hall–Kier alpha value is -3.59. The number of ether oxygens (including phenoxy) is 2. The highest BCUT2D eigenvalue weighted by molar-refractivity contribution is 7.33. The predicted octanol–water partition coefficient (Wildman–Crippen LogP) is 3.11. The molecule has 10 nitrogen and oxygen atoms in total. The van der Waals surface area contributed by atoms with Crippen LogP contribution in [0.1, 0.15) is 28.6 Å².